The number of nitrogens with zero attached hydrogens (tertiary/aromatic N) is 3. The Labute approximate surface area is 169 Å². The van der Waals surface area contributed by atoms with E-state index < -0.39 is 0 Å². The Hall–Kier alpha value is -1.92. The van der Waals surface area contributed by atoms with E-state index in [-0.39, 0.29) is 5.91 Å². The summed E-state index contributed by atoms with van der Waals surface area (Å²) in [5.41, 5.74) is 4.47. The molecule has 142 valence electrons. The van der Waals surface area contributed by atoms with Crippen LogP contribution < -0.4 is 5.43 Å². The normalized spacial score (nSPS) is 15.9. The van der Waals surface area contributed by atoms with Crippen LogP contribution in [0.5, 0.6) is 0 Å². The molecule has 3 rings (SSSR count). The quantitative estimate of drug-likeness (QED) is 0.593. The summed E-state index contributed by atoms with van der Waals surface area (Å²) in [4.78, 5) is 16.6. The van der Waals surface area contributed by atoms with E-state index >= 15 is 0 Å². The van der Waals surface area contributed by atoms with Crippen molar-refractivity contribution in [2.24, 2.45) is 5.10 Å². The van der Waals surface area contributed by atoms with Gasteiger partial charge in [0.05, 0.1) is 12.8 Å². The first-order valence-electron chi connectivity index (χ1n) is 8.86. The van der Waals surface area contributed by atoms with Crippen molar-refractivity contribution in [1.82, 2.24) is 15.2 Å². The molecule has 1 saturated heterocycles. The highest BCUT2D eigenvalue weighted by Gasteiger charge is 2.19. The lowest BCUT2D eigenvalue weighted by atomic mass is 10.2. The number of carbonyl (C=O) groups is 1. The van der Waals surface area contributed by atoms with Gasteiger partial charge >= 0.3 is 0 Å². The van der Waals surface area contributed by atoms with Crippen LogP contribution in [0.4, 0.5) is 0 Å². The number of carbonyl (C=O) groups excluding carboxylic acids is 1. The number of rotatable bonds is 6. The topological polar surface area (TPSA) is 47.9 Å². The highest BCUT2D eigenvalue weighted by atomic mass is 35.5. The fourth-order valence-corrected chi connectivity index (χ4v) is 3.35. The van der Waals surface area contributed by atoms with Gasteiger partial charge in [-0.15, -0.1) is 0 Å². The molecule has 0 aliphatic carbocycles. The van der Waals surface area contributed by atoms with Crippen molar-refractivity contribution in [1.29, 1.82) is 0 Å². The summed E-state index contributed by atoms with van der Waals surface area (Å²) in [6.07, 6.45) is 1.56. The lowest BCUT2D eigenvalue weighted by molar-refractivity contribution is -0.122. The van der Waals surface area contributed by atoms with Gasteiger partial charge in [-0.3, -0.25) is 14.6 Å². The summed E-state index contributed by atoms with van der Waals surface area (Å²) in [7, 11) is 0. The van der Waals surface area contributed by atoms with Crippen LogP contribution in [0.25, 0.3) is 0 Å². The fraction of sp³-hybridized carbons (Fsp3) is 0.300. The number of halogens is 2. The second-order valence-corrected chi connectivity index (χ2v) is 7.27. The predicted octanol–water partition coefficient (Wildman–Crippen LogP) is 3.26. The van der Waals surface area contributed by atoms with Crippen molar-refractivity contribution < 1.29 is 4.79 Å². The van der Waals surface area contributed by atoms with Crippen LogP contribution in [-0.4, -0.2) is 54.6 Å². The Balaban J connectivity index is 1.40. The minimum absolute atomic E-state index is 0.127. The number of nitrogens with one attached hydrogen (secondary N) is 1. The van der Waals surface area contributed by atoms with Crippen molar-refractivity contribution in [3.63, 3.8) is 0 Å². The van der Waals surface area contributed by atoms with Gasteiger partial charge < -0.3 is 0 Å². The molecule has 1 aliphatic rings. The molecule has 1 N–H and O–H groups in total. The van der Waals surface area contributed by atoms with Gasteiger partial charge in [0.25, 0.3) is 5.91 Å². The number of hydrogen-bond acceptors (Lipinski definition) is 4. The van der Waals surface area contributed by atoms with E-state index in [4.69, 9.17) is 23.2 Å². The van der Waals surface area contributed by atoms with Gasteiger partial charge in [-0.1, -0.05) is 59.6 Å². The molecule has 0 aromatic heterocycles. The SMILES string of the molecule is O=C(CN1CCN(Cc2ccccc2Cl)CC1)NN=Cc1ccccc1Cl. The molecule has 1 heterocycles. The molecule has 7 heteroatoms. The number of benzene rings is 2. The smallest absolute Gasteiger partial charge is 0.254 e. The summed E-state index contributed by atoms with van der Waals surface area (Å²) in [5.74, 6) is -0.127. The van der Waals surface area contributed by atoms with Crippen LogP contribution in [0.3, 0.4) is 0 Å². The maximum Gasteiger partial charge on any atom is 0.254 e. The summed E-state index contributed by atoms with van der Waals surface area (Å²) in [6.45, 7) is 4.66. The Morgan fingerprint density at radius 2 is 1.59 bits per heavy atom. The predicted molar refractivity (Wildman–Crippen MR) is 110 cm³/mol. The van der Waals surface area contributed by atoms with Crippen LogP contribution in [0.15, 0.2) is 53.6 Å². The second kappa shape index (κ2) is 9.85. The van der Waals surface area contributed by atoms with E-state index in [0.717, 1.165) is 48.9 Å². The maximum atomic E-state index is 12.1. The highest BCUT2D eigenvalue weighted by Crippen LogP contribution is 2.17. The zero-order valence-electron chi connectivity index (χ0n) is 14.9. The third-order valence-electron chi connectivity index (χ3n) is 4.48. The van der Waals surface area contributed by atoms with E-state index in [2.05, 4.69) is 26.4 Å². The van der Waals surface area contributed by atoms with E-state index in [1.54, 1.807) is 12.3 Å². The molecule has 0 bridgehead atoms. The Morgan fingerprint density at radius 3 is 2.30 bits per heavy atom. The fourth-order valence-electron chi connectivity index (χ4n) is 2.97. The molecule has 27 heavy (non-hydrogen) atoms. The number of piperazine rings is 1. The molecule has 0 unspecified atom stereocenters. The van der Waals surface area contributed by atoms with Gasteiger partial charge in [-0.25, -0.2) is 5.43 Å². The average Bonchev–Trinajstić information content (AvgIpc) is 2.67. The number of hydrazone groups is 1. The molecular formula is C20H22Cl2N4O. The van der Waals surface area contributed by atoms with E-state index in [9.17, 15) is 4.79 Å². The molecule has 0 spiro atoms. The van der Waals surface area contributed by atoms with Crippen molar-refractivity contribution in [3.8, 4) is 0 Å². The van der Waals surface area contributed by atoms with E-state index in [1.807, 2.05) is 36.4 Å². The zero-order chi connectivity index (χ0) is 19.1. The van der Waals surface area contributed by atoms with E-state index in [1.165, 1.54) is 0 Å². The molecule has 1 amide bonds. The molecule has 1 aliphatic heterocycles. The molecule has 2 aromatic carbocycles. The second-order valence-electron chi connectivity index (χ2n) is 6.46. The highest BCUT2D eigenvalue weighted by molar-refractivity contribution is 6.33. The van der Waals surface area contributed by atoms with Gasteiger partial charge in [-0.2, -0.15) is 5.10 Å². The van der Waals surface area contributed by atoms with Gasteiger partial charge in [0.15, 0.2) is 0 Å². The van der Waals surface area contributed by atoms with Gasteiger partial charge in [0, 0.05) is 48.3 Å². The molecule has 1 fully saturated rings. The minimum Gasteiger partial charge on any atom is -0.296 e. The van der Waals surface area contributed by atoms with E-state index in [0.29, 0.717) is 11.6 Å². The largest absolute Gasteiger partial charge is 0.296 e. The number of hydrogen-bond donors (Lipinski definition) is 1. The van der Waals surface area contributed by atoms with Gasteiger partial charge in [-0.05, 0) is 17.7 Å². The molecule has 5 nitrogen and oxygen atoms in total. The summed E-state index contributed by atoms with van der Waals surface area (Å²) < 4.78 is 0. The number of amides is 1. The summed E-state index contributed by atoms with van der Waals surface area (Å²) >= 11 is 12.3. The third kappa shape index (κ3) is 6.04. The average molecular weight is 405 g/mol. The standard InChI is InChI=1S/C20H22Cl2N4O/c21-18-7-3-1-5-16(18)13-23-24-20(27)15-26-11-9-25(10-12-26)14-17-6-2-4-8-19(17)22/h1-8,13H,9-12,14-15H2,(H,24,27). The van der Waals surface area contributed by atoms with Crippen LogP contribution in [0.1, 0.15) is 11.1 Å². The van der Waals surface area contributed by atoms with Crippen molar-refractivity contribution >= 4 is 35.3 Å². The Bertz CT molecular complexity index is 804. The molecular weight excluding hydrogens is 383 g/mol. The van der Waals surface area contributed by atoms with Gasteiger partial charge in [0.1, 0.15) is 0 Å². The Kier molecular flexibility index (Phi) is 7.24. The first kappa shape index (κ1) is 19.8. The minimum atomic E-state index is -0.127. The molecule has 0 atom stereocenters. The third-order valence-corrected chi connectivity index (χ3v) is 5.19. The lowest BCUT2D eigenvalue weighted by Gasteiger charge is -2.34. The summed E-state index contributed by atoms with van der Waals surface area (Å²) in [6, 6.07) is 15.3. The van der Waals surface area contributed by atoms with Crippen LogP contribution in [0.2, 0.25) is 10.0 Å². The monoisotopic (exact) mass is 404 g/mol. The first-order valence-corrected chi connectivity index (χ1v) is 9.62. The molecule has 0 radical (unpaired) electrons. The van der Waals surface area contributed by atoms with Crippen LogP contribution in [0, 0.1) is 0 Å². The van der Waals surface area contributed by atoms with Crippen LogP contribution in [-0.2, 0) is 11.3 Å². The summed E-state index contributed by atoms with van der Waals surface area (Å²) in [5, 5.41) is 5.39. The van der Waals surface area contributed by atoms with Crippen LogP contribution >= 0.6 is 23.2 Å². The van der Waals surface area contributed by atoms with Crippen molar-refractivity contribution in [2.45, 2.75) is 6.54 Å². The first-order chi connectivity index (χ1) is 13.1. The van der Waals surface area contributed by atoms with Crippen molar-refractivity contribution in [2.75, 3.05) is 32.7 Å². The molecule has 0 saturated carbocycles. The Morgan fingerprint density at radius 1 is 0.963 bits per heavy atom. The zero-order valence-corrected chi connectivity index (χ0v) is 16.5. The lowest BCUT2D eigenvalue weighted by Crippen LogP contribution is -2.48. The van der Waals surface area contributed by atoms with Crippen molar-refractivity contribution in [3.05, 3.63) is 69.7 Å². The maximum absolute atomic E-state index is 12.1. The molecule has 2 aromatic rings. The van der Waals surface area contributed by atoms with Gasteiger partial charge in [0.2, 0.25) is 0 Å².